The third-order valence-electron chi connectivity index (χ3n) is 7.35. The van der Waals surface area contributed by atoms with Crippen LogP contribution in [-0.4, -0.2) is 20.8 Å². The summed E-state index contributed by atoms with van der Waals surface area (Å²) in [6, 6.07) is 8.87. The van der Waals surface area contributed by atoms with Gasteiger partial charge in [0.2, 0.25) is 0 Å². The van der Waals surface area contributed by atoms with Gasteiger partial charge >= 0.3 is 0 Å². The molecule has 4 saturated carbocycles. The van der Waals surface area contributed by atoms with E-state index >= 15 is 0 Å². The Balaban J connectivity index is 1.39. The SMILES string of the molecule is O=C(NC12CC3CC(CC(C3)C1)C2)c1nc(-c2ccc(F)cc2F)n2ccccc12. The van der Waals surface area contributed by atoms with Gasteiger partial charge in [0.05, 0.1) is 11.1 Å². The van der Waals surface area contributed by atoms with Crippen LogP contribution in [0.5, 0.6) is 0 Å². The van der Waals surface area contributed by atoms with Crippen molar-refractivity contribution in [1.82, 2.24) is 14.7 Å². The molecular formula is C24H23F2N3O. The summed E-state index contributed by atoms with van der Waals surface area (Å²) in [5, 5.41) is 3.35. The van der Waals surface area contributed by atoms with Crippen LogP contribution >= 0.6 is 0 Å². The minimum Gasteiger partial charge on any atom is -0.345 e. The highest BCUT2D eigenvalue weighted by Gasteiger charge is 2.51. The fraction of sp³-hybridized carbons (Fsp3) is 0.417. The molecule has 1 aromatic carbocycles. The molecule has 0 aliphatic heterocycles. The number of fused-ring (bicyclic) bond motifs is 1. The van der Waals surface area contributed by atoms with Gasteiger partial charge in [-0.2, -0.15) is 0 Å². The third-order valence-corrected chi connectivity index (χ3v) is 7.35. The van der Waals surface area contributed by atoms with Crippen molar-refractivity contribution in [3.63, 3.8) is 0 Å². The number of carbonyl (C=O) groups excluding carboxylic acids is 1. The van der Waals surface area contributed by atoms with Gasteiger partial charge in [-0.3, -0.25) is 9.20 Å². The number of nitrogens with zero attached hydrogens (tertiary/aromatic N) is 2. The second kappa shape index (κ2) is 6.37. The van der Waals surface area contributed by atoms with Gasteiger partial charge in [0.25, 0.3) is 5.91 Å². The van der Waals surface area contributed by atoms with E-state index in [0.717, 1.165) is 43.1 Å². The molecule has 1 amide bonds. The maximum Gasteiger partial charge on any atom is 0.272 e. The highest BCUT2D eigenvalue weighted by Crippen LogP contribution is 2.55. The number of hydrogen-bond acceptors (Lipinski definition) is 2. The van der Waals surface area contributed by atoms with Crippen LogP contribution in [-0.2, 0) is 0 Å². The summed E-state index contributed by atoms with van der Waals surface area (Å²) in [4.78, 5) is 17.9. The molecule has 2 aromatic heterocycles. The first kappa shape index (κ1) is 18.0. The summed E-state index contributed by atoms with van der Waals surface area (Å²) in [5.74, 6) is 0.932. The Hall–Kier alpha value is -2.76. The Labute approximate surface area is 173 Å². The summed E-state index contributed by atoms with van der Waals surface area (Å²) >= 11 is 0. The second-order valence-electron chi connectivity index (χ2n) is 9.52. The molecule has 4 nitrogen and oxygen atoms in total. The lowest BCUT2D eigenvalue weighted by atomic mass is 9.53. The van der Waals surface area contributed by atoms with Crippen LogP contribution in [0.4, 0.5) is 8.78 Å². The van der Waals surface area contributed by atoms with Crippen LogP contribution in [0.1, 0.15) is 49.0 Å². The first-order valence-electron chi connectivity index (χ1n) is 10.7. The van der Waals surface area contributed by atoms with Gasteiger partial charge in [-0.1, -0.05) is 6.07 Å². The smallest absolute Gasteiger partial charge is 0.272 e. The lowest BCUT2D eigenvalue weighted by Gasteiger charge is -2.56. The summed E-state index contributed by atoms with van der Waals surface area (Å²) in [6.45, 7) is 0. The standard InChI is InChI=1S/C24H23F2N3O/c25-17-4-5-18(19(26)10-17)22-27-21(20-3-1-2-6-29(20)22)23(30)28-24-11-14-7-15(12-24)9-16(8-14)13-24/h1-6,10,14-16H,7-9,11-13H2,(H,28,30). The molecule has 154 valence electrons. The van der Waals surface area contributed by atoms with Crippen molar-refractivity contribution in [2.75, 3.05) is 0 Å². The van der Waals surface area contributed by atoms with E-state index < -0.39 is 11.6 Å². The Morgan fingerprint density at radius 2 is 1.73 bits per heavy atom. The molecule has 2 heterocycles. The number of hydrogen-bond donors (Lipinski definition) is 1. The topological polar surface area (TPSA) is 46.4 Å². The average Bonchev–Trinajstić information content (AvgIpc) is 3.06. The summed E-state index contributed by atoms with van der Waals surface area (Å²) in [7, 11) is 0. The van der Waals surface area contributed by atoms with Crippen LogP contribution in [0.25, 0.3) is 16.9 Å². The van der Waals surface area contributed by atoms with E-state index in [2.05, 4.69) is 10.3 Å². The van der Waals surface area contributed by atoms with Crippen LogP contribution in [0.15, 0.2) is 42.6 Å². The van der Waals surface area contributed by atoms with E-state index in [-0.39, 0.29) is 17.0 Å². The molecule has 4 aliphatic carbocycles. The van der Waals surface area contributed by atoms with Crippen molar-refractivity contribution in [2.24, 2.45) is 17.8 Å². The van der Waals surface area contributed by atoms with E-state index in [1.54, 1.807) is 16.7 Å². The van der Waals surface area contributed by atoms with Gasteiger partial charge in [-0.25, -0.2) is 13.8 Å². The molecule has 4 bridgehead atoms. The first-order valence-corrected chi connectivity index (χ1v) is 10.7. The zero-order valence-corrected chi connectivity index (χ0v) is 16.6. The lowest BCUT2D eigenvalue weighted by molar-refractivity contribution is -0.0167. The lowest BCUT2D eigenvalue weighted by Crippen LogP contribution is -2.59. The zero-order chi connectivity index (χ0) is 20.5. The number of carbonyl (C=O) groups is 1. The molecule has 1 N–H and O–H groups in total. The number of benzene rings is 1. The summed E-state index contributed by atoms with van der Waals surface area (Å²) in [5.41, 5.74) is 0.965. The normalized spacial score (nSPS) is 29.5. The van der Waals surface area contributed by atoms with Crippen molar-refractivity contribution < 1.29 is 13.6 Å². The van der Waals surface area contributed by atoms with E-state index in [9.17, 15) is 13.6 Å². The molecule has 0 saturated heterocycles. The number of aromatic nitrogens is 2. The molecule has 3 aromatic rings. The van der Waals surface area contributed by atoms with Gasteiger partial charge in [-0.15, -0.1) is 0 Å². The molecule has 0 atom stereocenters. The van der Waals surface area contributed by atoms with E-state index in [1.165, 1.54) is 31.4 Å². The van der Waals surface area contributed by atoms with E-state index in [4.69, 9.17) is 0 Å². The van der Waals surface area contributed by atoms with Crippen molar-refractivity contribution in [3.8, 4) is 11.4 Å². The summed E-state index contributed by atoms with van der Waals surface area (Å²) in [6.07, 6.45) is 8.81. The number of halogens is 2. The minimum absolute atomic E-state index is 0.127. The second-order valence-corrected chi connectivity index (χ2v) is 9.52. The number of rotatable bonds is 3. The fourth-order valence-corrected chi connectivity index (χ4v) is 6.63. The highest BCUT2D eigenvalue weighted by molar-refractivity contribution is 6.00. The molecule has 0 unspecified atom stereocenters. The van der Waals surface area contributed by atoms with Crippen molar-refractivity contribution in [2.45, 2.75) is 44.1 Å². The Bertz CT molecular complexity index is 1130. The molecule has 6 heteroatoms. The number of pyridine rings is 1. The van der Waals surface area contributed by atoms with Gasteiger partial charge in [0.15, 0.2) is 5.69 Å². The quantitative estimate of drug-likeness (QED) is 0.666. The number of imidazole rings is 1. The van der Waals surface area contributed by atoms with Crippen LogP contribution < -0.4 is 5.32 Å². The van der Waals surface area contributed by atoms with Crippen LogP contribution in [0, 0.1) is 29.4 Å². The molecule has 4 fully saturated rings. The van der Waals surface area contributed by atoms with Gasteiger partial charge in [0.1, 0.15) is 17.5 Å². The molecule has 4 aliphatic rings. The minimum atomic E-state index is -0.696. The van der Waals surface area contributed by atoms with Crippen molar-refractivity contribution in [3.05, 3.63) is 59.9 Å². The summed E-state index contributed by atoms with van der Waals surface area (Å²) < 4.78 is 29.6. The molecular weight excluding hydrogens is 384 g/mol. The van der Waals surface area contributed by atoms with Crippen LogP contribution in [0.3, 0.4) is 0 Å². The first-order chi connectivity index (χ1) is 14.5. The molecule has 0 radical (unpaired) electrons. The predicted molar refractivity (Wildman–Crippen MR) is 109 cm³/mol. The Kier molecular flexibility index (Phi) is 3.83. The zero-order valence-electron chi connectivity index (χ0n) is 16.6. The van der Waals surface area contributed by atoms with Crippen molar-refractivity contribution in [1.29, 1.82) is 0 Å². The molecule has 7 rings (SSSR count). The van der Waals surface area contributed by atoms with E-state index in [1.807, 2.05) is 12.1 Å². The van der Waals surface area contributed by atoms with Gasteiger partial charge < -0.3 is 5.32 Å². The molecule has 30 heavy (non-hydrogen) atoms. The fourth-order valence-electron chi connectivity index (χ4n) is 6.63. The Morgan fingerprint density at radius 1 is 1.03 bits per heavy atom. The monoisotopic (exact) mass is 407 g/mol. The maximum atomic E-state index is 14.5. The molecule has 0 spiro atoms. The van der Waals surface area contributed by atoms with Crippen molar-refractivity contribution >= 4 is 11.4 Å². The maximum absolute atomic E-state index is 14.5. The number of amides is 1. The largest absolute Gasteiger partial charge is 0.345 e. The number of nitrogens with one attached hydrogen (secondary N) is 1. The van der Waals surface area contributed by atoms with Crippen LogP contribution in [0.2, 0.25) is 0 Å². The Morgan fingerprint density at radius 3 is 2.40 bits per heavy atom. The highest BCUT2D eigenvalue weighted by atomic mass is 19.1. The van der Waals surface area contributed by atoms with Gasteiger partial charge in [-0.05, 0) is 80.5 Å². The van der Waals surface area contributed by atoms with Gasteiger partial charge in [0, 0.05) is 17.8 Å². The van der Waals surface area contributed by atoms with E-state index in [0.29, 0.717) is 17.0 Å². The third kappa shape index (κ3) is 2.76. The predicted octanol–water partition coefficient (Wildman–Crippen LogP) is 4.98. The average molecular weight is 407 g/mol.